The van der Waals surface area contributed by atoms with Crippen molar-refractivity contribution in [1.29, 1.82) is 0 Å². The molecular weight excluding hydrogens is 285 g/mol. The van der Waals surface area contributed by atoms with Crippen molar-refractivity contribution < 1.29 is 19.1 Å². The Hall–Kier alpha value is -1.62. The van der Waals surface area contributed by atoms with Crippen molar-refractivity contribution in [2.75, 3.05) is 0 Å². The lowest BCUT2D eigenvalue weighted by molar-refractivity contribution is -0.142. The van der Waals surface area contributed by atoms with Gasteiger partial charge in [-0.05, 0) is 30.0 Å². The van der Waals surface area contributed by atoms with Gasteiger partial charge in [0.2, 0.25) is 5.91 Å². The van der Waals surface area contributed by atoms with E-state index in [1.54, 1.807) is 0 Å². The number of carboxylic acids is 1. The number of hydrogen-bond acceptors (Lipinski definition) is 2. The fraction of sp³-hybridized carbons (Fsp3) is 0.429. The molecule has 4 nitrogen and oxygen atoms in total. The molecule has 108 valence electrons. The van der Waals surface area contributed by atoms with E-state index < -0.39 is 17.8 Å². The van der Waals surface area contributed by atoms with Crippen molar-refractivity contribution in [2.24, 2.45) is 5.92 Å². The van der Waals surface area contributed by atoms with Crippen LogP contribution in [0.25, 0.3) is 0 Å². The Balaban J connectivity index is 2.03. The Bertz CT molecular complexity index is 531. The van der Waals surface area contributed by atoms with Gasteiger partial charge in [-0.15, -0.1) is 0 Å². The average Bonchev–Trinajstić information content (AvgIpc) is 3.21. The summed E-state index contributed by atoms with van der Waals surface area (Å²) in [7, 11) is 0. The van der Waals surface area contributed by atoms with Gasteiger partial charge in [0, 0.05) is 6.42 Å². The Morgan fingerprint density at radius 2 is 2.15 bits per heavy atom. The van der Waals surface area contributed by atoms with Crippen LogP contribution in [0.4, 0.5) is 4.39 Å². The van der Waals surface area contributed by atoms with Crippen LogP contribution in [0, 0.1) is 11.7 Å². The Labute approximate surface area is 120 Å². The molecule has 0 aromatic heterocycles. The summed E-state index contributed by atoms with van der Waals surface area (Å²) in [5, 5.41) is 11.5. The fourth-order valence-corrected chi connectivity index (χ4v) is 2.07. The largest absolute Gasteiger partial charge is 0.479 e. The summed E-state index contributed by atoms with van der Waals surface area (Å²) in [4.78, 5) is 22.9. The number of hydrogen-bond donors (Lipinski definition) is 2. The van der Waals surface area contributed by atoms with Crippen LogP contribution in [0.1, 0.15) is 37.3 Å². The van der Waals surface area contributed by atoms with Gasteiger partial charge in [-0.1, -0.05) is 30.5 Å². The lowest BCUT2D eigenvalue weighted by atomic mass is 10.1. The molecule has 1 aromatic carbocycles. The Morgan fingerprint density at radius 1 is 1.45 bits per heavy atom. The molecule has 1 unspecified atom stereocenters. The fourth-order valence-electron chi connectivity index (χ4n) is 1.95. The SMILES string of the molecule is O=C(CCC1CC1)NC(C(=O)O)c1ccc(Cl)c(F)c1. The van der Waals surface area contributed by atoms with Crippen molar-refractivity contribution in [3.63, 3.8) is 0 Å². The third-order valence-electron chi connectivity index (χ3n) is 3.31. The number of benzene rings is 1. The molecule has 1 atom stereocenters. The van der Waals surface area contributed by atoms with E-state index in [4.69, 9.17) is 16.7 Å². The molecule has 0 bridgehead atoms. The minimum Gasteiger partial charge on any atom is -0.479 e. The molecule has 1 aromatic rings. The lowest BCUT2D eigenvalue weighted by Crippen LogP contribution is -2.33. The summed E-state index contributed by atoms with van der Waals surface area (Å²) < 4.78 is 13.4. The van der Waals surface area contributed by atoms with Crippen LogP contribution in [0.15, 0.2) is 18.2 Å². The second-order valence-electron chi connectivity index (χ2n) is 4.99. The highest BCUT2D eigenvalue weighted by Crippen LogP contribution is 2.33. The topological polar surface area (TPSA) is 66.4 Å². The van der Waals surface area contributed by atoms with Gasteiger partial charge in [0.25, 0.3) is 0 Å². The van der Waals surface area contributed by atoms with Crippen LogP contribution < -0.4 is 5.32 Å². The molecule has 0 radical (unpaired) electrons. The van der Waals surface area contributed by atoms with Crippen LogP contribution in [-0.4, -0.2) is 17.0 Å². The number of carbonyl (C=O) groups is 2. The van der Waals surface area contributed by atoms with Gasteiger partial charge in [-0.3, -0.25) is 4.79 Å². The monoisotopic (exact) mass is 299 g/mol. The number of carboxylic acid groups (broad SMARTS) is 1. The predicted octanol–water partition coefficient (Wildman–Crippen LogP) is 2.91. The van der Waals surface area contributed by atoms with Crippen LogP contribution in [-0.2, 0) is 9.59 Å². The summed E-state index contributed by atoms with van der Waals surface area (Å²) in [5.74, 6) is -1.68. The second kappa shape index (κ2) is 6.22. The second-order valence-corrected chi connectivity index (χ2v) is 5.40. The van der Waals surface area contributed by atoms with Gasteiger partial charge in [-0.2, -0.15) is 0 Å². The van der Waals surface area contributed by atoms with Crippen molar-refractivity contribution in [3.05, 3.63) is 34.6 Å². The van der Waals surface area contributed by atoms with Gasteiger partial charge < -0.3 is 10.4 Å². The molecule has 0 aliphatic heterocycles. The number of aliphatic carboxylic acids is 1. The van der Waals surface area contributed by atoms with Crippen molar-refractivity contribution in [1.82, 2.24) is 5.32 Å². The molecule has 2 N–H and O–H groups in total. The molecule has 1 amide bonds. The zero-order valence-corrected chi connectivity index (χ0v) is 11.5. The molecule has 0 spiro atoms. The maximum absolute atomic E-state index is 13.4. The number of amides is 1. The van der Waals surface area contributed by atoms with Crippen molar-refractivity contribution in [3.8, 4) is 0 Å². The average molecular weight is 300 g/mol. The summed E-state index contributed by atoms with van der Waals surface area (Å²) >= 11 is 5.55. The maximum Gasteiger partial charge on any atom is 0.330 e. The van der Waals surface area contributed by atoms with Crippen LogP contribution in [0.2, 0.25) is 5.02 Å². The summed E-state index contributed by atoms with van der Waals surface area (Å²) in [5.41, 5.74) is 0.166. The van der Waals surface area contributed by atoms with Crippen LogP contribution in [0.3, 0.4) is 0 Å². The Kier molecular flexibility index (Phi) is 4.60. The highest BCUT2D eigenvalue weighted by molar-refractivity contribution is 6.30. The molecule has 1 aliphatic rings. The van der Waals surface area contributed by atoms with E-state index in [1.165, 1.54) is 12.1 Å². The van der Waals surface area contributed by atoms with Gasteiger partial charge in [0.05, 0.1) is 5.02 Å². The first-order chi connectivity index (χ1) is 9.47. The van der Waals surface area contributed by atoms with E-state index >= 15 is 0 Å². The Morgan fingerprint density at radius 3 is 2.70 bits per heavy atom. The first-order valence-electron chi connectivity index (χ1n) is 6.44. The normalized spacial score (nSPS) is 15.7. The molecule has 1 aliphatic carbocycles. The molecule has 0 saturated heterocycles. The first kappa shape index (κ1) is 14.8. The summed E-state index contributed by atoms with van der Waals surface area (Å²) in [6.45, 7) is 0. The van der Waals surface area contributed by atoms with Crippen molar-refractivity contribution in [2.45, 2.75) is 31.7 Å². The van der Waals surface area contributed by atoms with Gasteiger partial charge >= 0.3 is 5.97 Å². The molecule has 1 fully saturated rings. The minimum atomic E-state index is -1.26. The van der Waals surface area contributed by atoms with Crippen LogP contribution in [0.5, 0.6) is 0 Å². The predicted molar refractivity (Wildman–Crippen MR) is 71.9 cm³/mol. The zero-order chi connectivity index (χ0) is 14.7. The van der Waals surface area contributed by atoms with E-state index in [-0.39, 0.29) is 16.5 Å². The summed E-state index contributed by atoms with van der Waals surface area (Å²) in [6, 6.07) is 2.44. The van der Waals surface area contributed by atoms with E-state index in [0.717, 1.165) is 25.3 Å². The van der Waals surface area contributed by atoms with Gasteiger partial charge in [0.1, 0.15) is 5.82 Å². The zero-order valence-electron chi connectivity index (χ0n) is 10.7. The molecule has 6 heteroatoms. The number of carbonyl (C=O) groups excluding carboxylic acids is 1. The molecule has 20 heavy (non-hydrogen) atoms. The first-order valence-corrected chi connectivity index (χ1v) is 6.82. The quantitative estimate of drug-likeness (QED) is 0.849. The maximum atomic E-state index is 13.4. The highest BCUT2D eigenvalue weighted by atomic mass is 35.5. The van der Waals surface area contributed by atoms with E-state index in [2.05, 4.69) is 5.32 Å². The molecular formula is C14H15ClFNO3. The molecule has 2 rings (SSSR count). The van der Waals surface area contributed by atoms with Gasteiger partial charge in [-0.25, -0.2) is 9.18 Å². The van der Waals surface area contributed by atoms with E-state index in [0.29, 0.717) is 12.3 Å². The smallest absolute Gasteiger partial charge is 0.330 e. The van der Waals surface area contributed by atoms with Crippen LogP contribution >= 0.6 is 11.6 Å². The minimum absolute atomic E-state index is 0.0852. The van der Waals surface area contributed by atoms with Gasteiger partial charge in [0.15, 0.2) is 6.04 Å². The third kappa shape index (κ3) is 3.93. The van der Waals surface area contributed by atoms with E-state index in [9.17, 15) is 14.0 Å². The number of rotatable bonds is 6. The summed E-state index contributed by atoms with van der Waals surface area (Å²) in [6.07, 6.45) is 3.34. The van der Waals surface area contributed by atoms with Crippen molar-refractivity contribution >= 4 is 23.5 Å². The number of halogens is 2. The standard InChI is InChI=1S/C14H15ClFNO3/c15-10-5-4-9(7-11(10)16)13(14(19)20)17-12(18)6-3-8-1-2-8/h4-5,7-8,13H,1-3,6H2,(H,17,18)(H,19,20). The highest BCUT2D eigenvalue weighted by Gasteiger charge is 2.25. The third-order valence-corrected chi connectivity index (χ3v) is 3.61. The number of nitrogens with one attached hydrogen (secondary N) is 1. The molecule has 0 heterocycles. The molecule has 1 saturated carbocycles. The van der Waals surface area contributed by atoms with E-state index in [1.807, 2.05) is 0 Å². The lowest BCUT2D eigenvalue weighted by Gasteiger charge is -2.15.